The Kier molecular flexibility index (Phi) is 3.04. The second-order valence-corrected chi connectivity index (χ2v) is 5.46. The molecule has 0 amide bonds. The van der Waals surface area contributed by atoms with E-state index in [1.54, 1.807) is 7.11 Å². The molecule has 2 saturated heterocycles. The summed E-state index contributed by atoms with van der Waals surface area (Å²) in [6, 6.07) is 5.96. The van der Waals surface area contributed by atoms with Gasteiger partial charge in [-0.3, -0.25) is 0 Å². The fraction of sp³-hybridized carbons (Fsp3) is 0.600. The van der Waals surface area contributed by atoms with Crippen LogP contribution < -0.4 is 4.74 Å². The van der Waals surface area contributed by atoms with E-state index in [-0.39, 0.29) is 12.0 Å². The first-order valence-corrected chi connectivity index (χ1v) is 6.67. The Hall–Kier alpha value is -1.06. The van der Waals surface area contributed by atoms with Crippen LogP contribution in [0.25, 0.3) is 0 Å². The summed E-state index contributed by atoms with van der Waals surface area (Å²) in [5.74, 6) is 0.996. The van der Waals surface area contributed by atoms with Crippen molar-refractivity contribution in [3.05, 3.63) is 29.3 Å². The highest BCUT2D eigenvalue weighted by Gasteiger charge is 2.44. The van der Waals surface area contributed by atoms with E-state index in [2.05, 4.69) is 0 Å². The Balaban J connectivity index is 1.87. The first-order valence-electron chi connectivity index (χ1n) is 6.67. The lowest BCUT2D eigenvalue weighted by atomic mass is 9.82. The van der Waals surface area contributed by atoms with Crippen molar-refractivity contribution in [2.75, 3.05) is 7.11 Å². The van der Waals surface area contributed by atoms with Crippen LogP contribution in [0.5, 0.6) is 5.75 Å². The smallest absolute Gasteiger partial charge is 0.124 e. The van der Waals surface area contributed by atoms with Crippen molar-refractivity contribution < 1.29 is 14.6 Å². The molecule has 1 N–H and O–H groups in total. The summed E-state index contributed by atoms with van der Waals surface area (Å²) in [5.41, 5.74) is 2.05. The third-order valence-electron chi connectivity index (χ3n) is 4.26. The molecule has 3 nitrogen and oxygen atoms in total. The molecule has 18 heavy (non-hydrogen) atoms. The lowest BCUT2D eigenvalue weighted by Gasteiger charge is -2.26. The highest BCUT2D eigenvalue weighted by atomic mass is 16.5. The molecule has 2 heterocycles. The molecule has 0 aliphatic carbocycles. The van der Waals surface area contributed by atoms with Gasteiger partial charge in [0.25, 0.3) is 0 Å². The first-order chi connectivity index (χ1) is 8.69. The zero-order valence-electron chi connectivity index (χ0n) is 10.9. The number of aryl methyl sites for hydroxylation is 1. The van der Waals surface area contributed by atoms with Crippen molar-refractivity contribution in [2.45, 2.75) is 44.5 Å². The summed E-state index contributed by atoms with van der Waals surface area (Å²) < 4.78 is 11.2. The predicted molar refractivity (Wildman–Crippen MR) is 68.7 cm³/mol. The number of rotatable bonds is 3. The van der Waals surface area contributed by atoms with Gasteiger partial charge in [-0.2, -0.15) is 0 Å². The Morgan fingerprint density at radius 1 is 1.39 bits per heavy atom. The van der Waals surface area contributed by atoms with E-state index in [0.29, 0.717) is 6.10 Å². The molecule has 0 radical (unpaired) electrons. The van der Waals surface area contributed by atoms with Crippen LogP contribution in [0.3, 0.4) is 0 Å². The summed E-state index contributed by atoms with van der Waals surface area (Å²) in [4.78, 5) is 0. The third-order valence-corrected chi connectivity index (χ3v) is 4.26. The maximum atomic E-state index is 10.6. The fourth-order valence-electron chi connectivity index (χ4n) is 3.32. The Bertz CT molecular complexity index is 443. The van der Waals surface area contributed by atoms with E-state index in [1.165, 1.54) is 0 Å². The van der Waals surface area contributed by atoms with Crippen molar-refractivity contribution in [1.29, 1.82) is 0 Å². The zero-order chi connectivity index (χ0) is 12.7. The second kappa shape index (κ2) is 4.56. The van der Waals surface area contributed by atoms with Crippen LogP contribution in [0.15, 0.2) is 18.2 Å². The van der Waals surface area contributed by atoms with E-state index in [1.807, 2.05) is 25.1 Å². The van der Waals surface area contributed by atoms with Gasteiger partial charge in [0.1, 0.15) is 5.75 Å². The maximum absolute atomic E-state index is 10.6. The number of benzene rings is 1. The Labute approximate surface area is 108 Å². The molecule has 4 unspecified atom stereocenters. The third kappa shape index (κ3) is 1.91. The minimum Gasteiger partial charge on any atom is -0.496 e. The highest BCUT2D eigenvalue weighted by molar-refractivity contribution is 5.39. The summed E-state index contributed by atoms with van der Waals surface area (Å²) in [7, 11) is 1.65. The quantitative estimate of drug-likeness (QED) is 0.893. The van der Waals surface area contributed by atoms with Gasteiger partial charge >= 0.3 is 0 Å². The van der Waals surface area contributed by atoms with E-state index in [0.717, 1.165) is 36.1 Å². The van der Waals surface area contributed by atoms with Crippen LogP contribution in [0.1, 0.15) is 36.5 Å². The second-order valence-electron chi connectivity index (χ2n) is 5.46. The van der Waals surface area contributed by atoms with Gasteiger partial charge in [-0.25, -0.2) is 0 Å². The molecule has 3 heteroatoms. The van der Waals surface area contributed by atoms with Crippen molar-refractivity contribution in [2.24, 2.45) is 5.92 Å². The van der Waals surface area contributed by atoms with Crippen LogP contribution in [0.2, 0.25) is 0 Å². The number of hydrogen-bond acceptors (Lipinski definition) is 3. The van der Waals surface area contributed by atoms with Gasteiger partial charge in [0.05, 0.1) is 25.4 Å². The van der Waals surface area contributed by atoms with Crippen LogP contribution in [-0.2, 0) is 4.74 Å². The van der Waals surface area contributed by atoms with Crippen LogP contribution in [-0.4, -0.2) is 24.4 Å². The number of ether oxygens (including phenoxy) is 2. The van der Waals surface area contributed by atoms with Crippen LogP contribution >= 0.6 is 0 Å². The molecule has 0 saturated carbocycles. The summed E-state index contributed by atoms with van der Waals surface area (Å²) in [5, 5.41) is 10.6. The number of fused-ring (bicyclic) bond motifs is 2. The van der Waals surface area contributed by atoms with Crippen molar-refractivity contribution in [3.63, 3.8) is 0 Å². The normalized spacial score (nSPS) is 31.6. The standard InChI is InChI=1S/C15H20O3/c1-9-3-5-13(17-2)11(7-9)15(16)12-8-10-4-6-14(12)18-10/h3,5,7,10,12,14-16H,4,6,8H2,1-2H3. The molecule has 3 rings (SSSR count). The fourth-order valence-corrected chi connectivity index (χ4v) is 3.32. The topological polar surface area (TPSA) is 38.7 Å². The van der Waals surface area contributed by atoms with Crippen molar-refractivity contribution in [1.82, 2.24) is 0 Å². The highest BCUT2D eigenvalue weighted by Crippen LogP contribution is 2.46. The number of aliphatic hydroxyl groups excluding tert-OH is 1. The molecule has 1 aromatic rings. The molecule has 0 aromatic heterocycles. The summed E-state index contributed by atoms with van der Waals surface area (Å²) >= 11 is 0. The number of hydrogen-bond donors (Lipinski definition) is 1. The van der Waals surface area contributed by atoms with E-state index < -0.39 is 6.10 Å². The Morgan fingerprint density at radius 2 is 2.22 bits per heavy atom. The van der Waals surface area contributed by atoms with Gasteiger partial charge in [-0.1, -0.05) is 11.6 Å². The first kappa shape index (κ1) is 12.0. The summed E-state index contributed by atoms with van der Waals surface area (Å²) in [6.07, 6.45) is 3.33. The molecule has 1 aromatic carbocycles. The number of methoxy groups -OCH3 is 1. The minimum absolute atomic E-state index is 0.222. The minimum atomic E-state index is -0.477. The largest absolute Gasteiger partial charge is 0.496 e. The molecular formula is C15H20O3. The number of aliphatic hydroxyl groups is 1. The van der Waals surface area contributed by atoms with E-state index in [4.69, 9.17) is 9.47 Å². The summed E-state index contributed by atoms with van der Waals surface area (Å²) in [6.45, 7) is 2.03. The molecular weight excluding hydrogens is 228 g/mol. The zero-order valence-corrected chi connectivity index (χ0v) is 10.9. The molecule has 2 fully saturated rings. The van der Waals surface area contributed by atoms with Gasteiger partial charge in [-0.15, -0.1) is 0 Å². The molecule has 4 atom stereocenters. The maximum Gasteiger partial charge on any atom is 0.124 e. The average molecular weight is 248 g/mol. The van der Waals surface area contributed by atoms with E-state index >= 15 is 0 Å². The SMILES string of the molecule is COc1ccc(C)cc1C(O)C1CC2CCC1O2. The molecule has 2 aliphatic rings. The van der Waals surface area contributed by atoms with Gasteiger partial charge in [0.2, 0.25) is 0 Å². The molecule has 2 aliphatic heterocycles. The lowest BCUT2D eigenvalue weighted by molar-refractivity contribution is 0.0411. The van der Waals surface area contributed by atoms with Crippen molar-refractivity contribution >= 4 is 0 Å². The van der Waals surface area contributed by atoms with Crippen LogP contribution in [0.4, 0.5) is 0 Å². The average Bonchev–Trinajstić information content (AvgIpc) is 3.00. The lowest BCUT2D eigenvalue weighted by Crippen LogP contribution is -2.24. The van der Waals surface area contributed by atoms with E-state index in [9.17, 15) is 5.11 Å². The molecule has 98 valence electrons. The van der Waals surface area contributed by atoms with Crippen LogP contribution in [0, 0.1) is 12.8 Å². The molecule has 2 bridgehead atoms. The van der Waals surface area contributed by atoms with Crippen molar-refractivity contribution in [3.8, 4) is 5.75 Å². The molecule has 0 spiro atoms. The van der Waals surface area contributed by atoms with Gasteiger partial charge in [0, 0.05) is 11.5 Å². The van der Waals surface area contributed by atoms with Gasteiger partial charge in [0.15, 0.2) is 0 Å². The monoisotopic (exact) mass is 248 g/mol. The van der Waals surface area contributed by atoms with Gasteiger partial charge < -0.3 is 14.6 Å². The Morgan fingerprint density at radius 3 is 2.83 bits per heavy atom. The van der Waals surface area contributed by atoms with Gasteiger partial charge in [-0.05, 0) is 38.3 Å². The predicted octanol–water partition coefficient (Wildman–Crippen LogP) is 2.60.